The van der Waals surface area contributed by atoms with E-state index in [4.69, 9.17) is 5.73 Å². The summed E-state index contributed by atoms with van der Waals surface area (Å²) in [5.41, 5.74) is 6.18. The smallest absolute Gasteiger partial charge is 0.262 e. The van der Waals surface area contributed by atoms with Gasteiger partial charge in [-0.05, 0) is 0 Å². The van der Waals surface area contributed by atoms with Gasteiger partial charge >= 0.3 is 0 Å². The van der Waals surface area contributed by atoms with Gasteiger partial charge in [-0.1, -0.05) is 20.8 Å². The van der Waals surface area contributed by atoms with E-state index in [0.29, 0.717) is 0 Å². The molecule has 7 nitrogen and oxygen atoms in total. The van der Waals surface area contributed by atoms with Crippen molar-refractivity contribution < 1.29 is 19.2 Å². The third-order valence-electron chi connectivity index (χ3n) is 1.49. The Morgan fingerprint density at radius 3 is 2.25 bits per heavy atom. The van der Waals surface area contributed by atoms with E-state index in [1.165, 1.54) is 0 Å². The minimum Gasteiger partial charge on any atom is -0.368 e. The molecule has 0 unspecified atom stereocenters. The van der Waals surface area contributed by atoms with Crippen molar-refractivity contribution in [3.8, 4) is 0 Å². The van der Waals surface area contributed by atoms with Gasteiger partial charge in [-0.25, -0.2) is 5.48 Å². The molecule has 0 spiro atoms. The largest absolute Gasteiger partial charge is 0.368 e. The highest BCUT2D eigenvalue weighted by atomic mass is 16.7. The lowest BCUT2D eigenvalue weighted by Crippen LogP contribution is -2.42. The monoisotopic (exact) mass is 231 g/mol. The van der Waals surface area contributed by atoms with Gasteiger partial charge in [0, 0.05) is 5.41 Å². The number of hydroxylamine groups is 1. The lowest BCUT2D eigenvalue weighted by molar-refractivity contribution is -0.139. The molecule has 0 atom stereocenters. The highest BCUT2D eigenvalue weighted by molar-refractivity contribution is 5.86. The van der Waals surface area contributed by atoms with Gasteiger partial charge in [0.25, 0.3) is 5.91 Å². The number of nitrogens with one attached hydrogen (secondary N) is 2. The number of nitrogens with two attached hydrogens (primary N) is 1. The van der Waals surface area contributed by atoms with Gasteiger partial charge < -0.3 is 11.1 Å². The Morgan fingerprint density at radius 1 is 1.25 bits per heavy atom. The van der Waals surface area contributed by atoms with E-state index < -0.39 is 23.8 Å². The van der Waals surface area contributed by atoms with Crippen LogP contribution in [0.4, 0.5) is 0 Å². The molecule has 16 heavy (non-hydrogen) atoms. The van der Waals surface area contributed by atoms with Crippen LogP contribution < -0.4 is 16.5 Å². The number of carbonyl (C=O) groups excluding carboxylic acids is 3. The Kier molecular flexibility index (Phi) is 5.44. The van der Waals surface area contributed by atoms with Crippen molar-refractivity contribution in [2.45, 2.75) is 20.8 Å². The molecule has 7 heteroatoms. The summed E-state index contributed by atoms with van der Waals surface area (Å²) >= 11 is 0. The molecule has 0 bridgehead atoms. The predicted octanol–water partition coefficient (Wildman–Crippen LogP) is -1.32. The number of amides is 3. The van der Waals surface area contributed by atoms with Gasteiger partial charge in [0.05, 0.1) is 6.54 Å². The molecule has 0 aromatic rings. The lowest BCUT2D eigenvalue weighted by Gasteiger charge is -2.17. The number of hydrogen-bond acceptors (Lipinski definition) is 4. The maximum atomic E-state index is 11.3. The van der Waals surface area contributed by atoms with Crippen LogP contribution in [0.3, 0.4) is 0 Å². The number of primary amides is 1. The summed E-state index contributed by atoms with van der Waals surface area (Å²) in [5.74, 6) is -1.50. The molecule has 0 aliphatic heterocycles. The van der Waals surface area contributed by atoms with E-state index >= 15 is 0 Å². The minimum atomic E-state index is -0.695. The molecule has 4 N–H and O–H groups in total. The normalized spacial score (nSPS) is 10.7. The van der Waals surface area contributed by atoms with Crippen LogP contribution in [0.25, 0.3) is 0 Å². The summed E-state index contributed by atoms with van der Waals surface area (Å²) in [6, 6.07) is 0. The molecule has 0 radical (unpaired) electrons. The molecule has 0 rings (SSSR count). The fourth-order valence-corrected chi connectivity index (χ4v) is 0.650. The first kappa shape index (κ1) is 14.4. The Bertz CT molecular complexity index is 283. The zero-order valence-corrected chi connectivity index (χ0v) is 9.62. The Labute approximate surface area is 93.7 Å². The maximum Gasteiger partial charge on any atom is 0.262 e. The van der Waals surface area contributed by atoms with E-state index in [0.717, 1.165) is 0 Å². The fourth-order valence-electron chi connectivity index (χ4n) is 0.650. The number of rotatable bonds is 5. The SMILES string of the molecule is CC(C)(C)C(=O)NCC(=O)NOCC(N)=O. The van der Waals surface area contributed by atoms with Gasteiger partial charge in [-0.15, -0.1) is 0 Å². The van der Waals surface area contributed by atoms with Crippen LogP contribution in [0, 0.1) is 5.41 Å². The molecule has 0 aromatic carbocycles. The molecule has 0 aromatic heterocycles. The third kappa shape index (κ3) is 6.77. The molecular weight excluding hydrogens is 214 g/mol. The highest BCUT2D eigenvalue weighted by Gasteiger charge is 2.21. The first-order valence-electron chi connectivity index (χ1n) is 4.70. The molecule has 0 aliphatic carbocycles. The van der Waals surface area contributed by atoms with Crippen LogP contribution in [-0.2, 0) is 19.2 Å². The molecule has 0 saturated heterocycles. The molecule has 92 valence electrons. The van der Waals surface area contributed by atoms with E-state index in [2.05, 4.69) is 10.2 Å². The van der Waals surface area contributed by atoms with Crippen molar-refractivity contribution >= 4 is 17.7 Å². The van der Waals surface area contributed by atoms with Gasteiger partial charge in [-0.2, -0.15) is 0 Å². The van der Waals surface area contributed by atoms with Crippen LogP contribution in [0.2, 0.25) is 0 Å². The average molecular weight is 231 g/mol. The van der Waals surface area contributed by atoms with Crippen molar-refractivity contribution in [3.05, 3.63) is 0 Å². The number of hydrogen-bond donors (Lipinski definition) is 3. The van der Waals surface area contributed by atoms with Crippen LogP contribution in [0.15, 0.2) is 0 Å². The van der Waals surface area contributed by atoms with Crippen molar-refractivity contribution in [2.24, 2.45) is 11.1 Å². The Morgan fingerprint density at radius 2 is 1.81 bits per heavy atom. The third-order valence-corrected chi connectivity index (χ3v) is 1.49. The minimum absolute atomic E-state index is 0.213. The van der Waals surface area contributed by atoms with E-state index in [-0.39, 0.29) is 12.5 Å². The average Bonchev–Trinajstić information content (AvgIpc) is 2.11. The second-order valence-electron chi connectivity index (χ2n) is 4.21. The summed E-state index contributed by atoms with van der Waals surface area (Å²) in [7, 11) is 0. The molecule has 0 heterocycles. The first-order valence-corrected chi connectivity index (χ1v) is 4.70. The second kappa shape index (κ2) is 6.06. The maximum absolute atomic E-state index is 11.3. The summed E-state index contributed by atoms with van der Waals surface area (Å²) in [5, 5.41) is 2.41. The van der Waals surface area contributed by atoms with E-state index in [9.17, 15) is 14.4 Å². The summed E-state index contributed by atoms with van der Waals surface area (Å²) in [6.45, 7) is 4.56. The van der Waals surface area contributed by atoms with Crippen LogP contribution in [-0.4, -0.2) is 30.9 Å². The summed E-state index contributed by atoms with van der Waals surface area (Å²) in [4.78, 5) is 37.1. The zero-order valence-electron chi connectivity index (χ0n) is 9.62. The molecule has 3 amide bonds. The molecule has 0 saturated carbocycles. The summed E-state index contributed by atoms with van der Waals surface area (Å²) < 4.78 is 0. The fraction of sp³-hybridized carbons (Fsp3) is 0.667. The Hall–Kier alpha value is -1.63. The quantitative estimate of drug-likeness (QED) is 0.510. The summed E-state index contributed by atoms with van der Waals surface area (Å²) in [6.07, 6.45) is 0. The topological polar surface area (TPSA) is 111 Å². The molecule has 0 fully saturated rings. The highest BCUT2D eigenvalue weighted by Crippen LogP contribution is 2.11. The Balaban J connectivity index is 3.74. The standard InChI is InChI=1S/C9H17N3O4/c1-9(2,3)8(15)11-4-7(14)12-16-5-6(10)13/h4-5H2,1-3H3,(H2,10,13)(H,11,15)(H,12,14). The van der Waals surface area contributed by atoms with Crippen LogP contribution in [0.5, 0.6) is 0 Å². The second-order valence-corrected chi connectivity index (χ2v) is 4.21. The van der Waals surface area contributed by atoms with Crippen LogP contribution in [0.1, 0.15) is 20.8 Å². The van der Waals surface area contributed by atoms with Crippen molar-refractivity contribution in [1.82, 2.24) is 10.8 Å². The van der Waals surface area contributed by atoms with Gasteiger partial charge in [0.15, 0.2) is 6.61 Å². The van der Waals surface area contributed by atoms with Crippen molar-refractivity contribution in [3.63, 3.8) is 0 Å². The first-order chi connectivity index (χ1) is 7.23. The van der Waals surface area contributed by atoms with Gasteiger partial charge in [-0.3, -0.25) is 19.2 Å². The number of carbonyl (C=O) groups is 3. The predicted molar refractivity (Wildman–Crippen MR) is 55.8 cm³/mol. The van der Waals surface area contributed by atoms with Crippen molar-refractivity contribution in [2.75, 3.05) is 13.2 Å². The molecule has 0 aliphatic rings. The van der Waals surface area contributed by atoms with Gasteiger partial charge in [0.1, 0.15) is 0 Å². The van der Waals surface area contributed by atoms with Gasteiger partial charge in [0.2, 0.25) is 11.8 Å². The molecular formula is C9H17N3O4. The van der Waals surface area contributed by atoms with E-state index in [1.54, 1.807) is 20.8 Å². The zero-order chi connectivity index (χ0) is 12.8. The van der Waals surface area contributed by atoms with Crippen LogP contribution >= 0.6 is 0 Å². The van der Waals surface area contributed by atoms with E-state index in [1.807, 2.05) is 5.48 Å². The van der Waals surface area contributed by atoms with Crippen molar-refractivity contribution in [1.29, 1.82) is 0 Å². The lowest BCUT2D eigenvalue weighted by atomic mass is 9.96.